The van der Waals surface area contributed by atoms with Gasteiger partial charge in [-0.05, 0) is 26.0 Å². The number of rotatable bonds is 2. The molecule has 7 heteroatoms. The molecule has 0 aromatic carbocycles. The first-order valence-electron chi connectivity index (χ1n) is 6.03. The monoisotopic (exact) mass is 277 g/mol. The van der Waals surface area contributed by atoms with Crippen LogP contribution in [0.1, 0.15) is 24.2 Å². The van der Waals surface area contributed by atoms with Crippen LogP contribution in [0, 0.1) is 0 Å². The molecule has 1 aliphatic heterocycles. The Morgan fingerprint density at radius 1 is 1.45 bits per heavy atom. The van der Waals surface area contributed by atoms with Crippen molar-refractivity contribution >= 4 is 17.7 Å². The van der Waals surface area contributed by atoms with Gasteiger partial charge in [-0.2, -0.15) is 0 Å². The van der Waals surface area contributed by atoms with Crippen molar-refractivity contribution < 1.29 is 19.1 Å². The molecule has 3 amide bonds. The fraction of sp³-hybridized carbons (Fsp3) is 0.385. The van der Waals surface area contributed by atoms with Crippen molar-refractivity contribution in [1.82, 2.24) is 15.2 Å². The van der Waals surface area contributed by atoms with Gasteiger partial charge < -0.3 is 9.64 Å². The zero-order chi connectivity index (χ0) is 14.9. The van der Waals surface area contributed by atoms with E-state index in [1.54, 1.807) is 26.0 Å². The number of pyridine rings is 1. The summed E-state index contributed by atoms with van der Waals surface area (Å²) in [6.45, 7) is 2.97. The van der Waals surface area contributed by atoms with Crippen LogP contribution >= 0.6 is 0 Å². The van der Waals surface area contributed by atoms with Gasteiger partial charge in [0.2, 0.25) is 11.8 Å². The standard InChI is InChI=1S/C13H15N3O4/c1-13(2)12(19)15-9(17)7-16(13)11(18)8-5-4-6-14-10(8)20-3/h4-6H,7H2,1-3H3,(H,15,17,19). The second-order valence-corrected chi connectivity index (χ2v) is 4.89. The number of methoxy groups -OCH3 is 1. The van der Waals surface area contributed by atoms with E-state index in [1.807, 2.05) is 0 Å². The van der Waals surface area contributed by atoms with Crippen LogP contribution in [0.5, 0.6) is 5.88 Å². The number of hydrogen-bond acceptors (Lipinski definition) is 5. The van der Waals surface area contributed by atoms with E-state index in [1.165, 1.54) is 18.2 Å². The van der Waals surface area contributed by atoms with E-state index in [2.05, 4.69) is 10.3 Å². The number of nitrogens with one attached hydrogen (secondary N) is 1. The lowest BCUT2D eigenvalue weighted by atomic mass is 9.97. The molecule has 0 saturated carbocycles. The Kier molecular flexibility index (Phi) is 3.44. The highest BCUT2D eigenvalue weighted by Crippen LogP contribution is 2.24. The third kappa shape index (κ3) is 2.22. The number of nitrogens with zero attached hydrogens (tertiary/aromatic N) is 2. The summed E-state index contributed by atoms with van der Waals surface area (Å²) in [5.74, 6) is -1.33. The van der Waals surface area contributed by atoms with Crippen LogP contribution < -0.4 is 10.1 Å². The van der Waals surface area contributed by atoms with Gasteiger partial charge in [0.15, 0.2) is 0 Å². The highest BCUT2D eigenvalue weighted by atomic mass is 16.5. The number of amides is 3. The van der Waals surface area contributed by atoms with E-state index in [0.717, 1.165) is 0 Å². The average molecular weight is 277 g/mol. The first-order valence-corrected chi connectivity index (χ1v) is 6.03. The highest BCUT2D eigenvalue weighted by molar-refractivity contribution is 6.09. The molecule has 1 fully saturated rings. The van der Waals surface area contributed by atoms with Gasteiger partial charge >= 0.3 is 0 Å². The smallest absolute Gasteiger partial charge is 0.260 e. The summed E-state index contributed by atoms with van der Waals surface area (Å²) in [6.07, 6.45) is 1.49. The number of hydrogen-bond donors (Lipinski definition) is 1. The number of imide groups is 1. The molecule has 2 heterocycles. The van der Waals surface area contributed by atoms with E-state index in [-0.39, 0.29) is 18.0 Å². The van der Waals surface area contributed by atoms with Crippen molar-refractivity contribution in [1.29, 1.82) is 0 Å². The van der Waals surface area contributed by atoms with Gasteiger partial charge in [0, 0.05) is 6.20 Å². The number of carbonyl (C=O) groups excluding carboxylic acids is 3. The molecule has 1 aromatic rings. The Labute approximate surface area is 115 Å². The maximum atomic E-state index is 12.6. The van der Waals surface area contributed by atoms with Crippen LogP contribution in [0.3, 0.4) is 0 Å². The van der Waals surface area contributed by atoms with Crippen molar-refractivity contribution in [3.05, 3.63) is 23.9 Å². The molecule has 0 spiro atoms. The first kappa shape index (κ1) is 14.0. The van der Waals surface area contributed by atoms with Crippen molar-refractivity contribution in [2.45, 2.75) is 19.4 Å². The number of ether oxygens (including phenoxy) is 1. The zero-order valence-electron chi connectivity index (χ0n) is 11.5. The maximum Gasteiger partial charge on any atom is 0.260 e. The van der Waals surface area contributed by atoms with Crippen LogP contribution in [-0.4, -0.2) is 46.8 Å². The minimum atomic E-state index is -1.12. The van der Waals surface area contributed by atoms with Crippen molar-refractivity contribution in [3.63, 3.8) is 0 Å². The van der Waals surface area contributed by atoms with Crippen LogP contribution in [-0.2, 0) is 9.59 Å². The second kappa shape index (κ2) is 4.92. The molecular formula is C13H15N3O4. The molecule has 0 radical (unpaired) electrons. The molecule has 1 N–H and O–H groups in total. The lowest BCUT2D eigenvalue weighted by Gasteiger charge is -2.40. The summed E-state index contributed by atoms with van der Waals surface area (Å²) in [6, 6.07) is 3.13. The van der Waals surface area contributed by atoms with Crippen molar-refractivity contribution in [2.75, 3.05) is 13.7 Å². The molecule has 0 bridgehead atoms. The lowest BCUT2D eigenvalue weighted by molar-refractivity contribution is -0.143. The Hall–Kier alpha value is -2.44. The fourth-order valence-electron chi connectivity index (χ4n) is 1.97. The van der Waals surface area contributed by atoms with Gasteiger partial charge in [0.1, 0.15) is 17.6 Å². The topological polar surface area (TPSA) is 88.6 Å². The number of piperazine rings is 1. The summed E-state index contributed by atoms with van der Waals surface area (Å²) >= 11 is 0. The Balaban J connectivity index is 2.41. The Morgan fingerprint density at radius 2 is 2.15 bits per heavy atom. The second-order valence-electron chi connectivity index (χ2n) is 4.89. The molecule has 106 valence electrons. The van der Waals surface area contributed by atoms with Crippen LogP contribution in [0.2, 0.25) is 0 Å². The largest absolute Gasteiger partial charge is 0.480 e. The third-order valence-corrected chi connectivity index (χ3v) is 3.23. The lowest BCUT2D eigenvalue weighted by Crippen LogP contribution is -2.65. The molecule has 7 nitrogen and oxygen atoms in total. The van der Waals surface area contributed by atoms with E-state index >= 15 is 0 Å². The molecular weight excluding hydrogens is 262 g/mol. The molecule has 1 aliphatic rings. The molecule has 2 rings (SSSR count). The number of carbonyl (C=O) groups is 3. The van der Waals surface area contributed by atoms with E-state index < -0.39 is 23.3 Å². The molecule has 0 atom stereocenters. The molecule has 0 unspecified atom stereocenters. The maximum absolute atomic E-state index is 12.6. The molecule has 1 saturated heterocycles. The normalized spacial score (nSPS) is 17.6. The fourth-order valence-corrected chi connectivity index (χ4v) is 1.97. The third-order valence-electron chi connectivity index (χ3n) is 3.23. The summed E-state index contributed by atoms with van der Waals surface area (Å²) in [4.78, 5) is 41.1. The van der Waals surface area contributed by atoms with E-state index in [0.29, 0.717) is 0 Å². The summed E-state index contributed by atoms with van der Waals surface area (Å²) in [5, 5.41) is 2.22. The van der Waals surface area contributed by atoms with Gasteiger partial charge in [0.25, 0.3) is 11.8 Å². The van der Waals surface area contributed by atoms with E-state index in [4.69, 9.17) is 4.74 Å². The highest BCUT2D eigenvalue weighted by Gasteiger charge is 2.44. The molecule has 20 heavy (non-hydrogen) atoms. The van der Waals surface area contributed by atoms with Crippen molar-refractivity contribution in [3.8, 4) is 5.88 Å². The zero-order valence-corrected chi connectivity index (χ0v) is 11.5. The predicted molar refractivity (Wildman–Crippen MR) is 69.1 cm³/mol. The number of aromatic nitrogens is 1. The SMILES string of the molecule is COc1ncccc1C(=O)N1CC(=O)NC(=O)C1(C)C. The molecule has 0 aliphatic carbocycles. The van der Waals surface area contributed by atoms with Crippen LogP contribution in [0.4, 0.5) is 0 Å². The first-order chi connectivity index (χ1) is 9.37. The molecule has 1 aromatic heterocycles. The average Bonchev–Trinajstić information content (AvgIpc) is 2.42. The van der Waals surface area contributed by atoms with Crippen molar-refractivity contribution in [2.24, 2.45) is 0 Å². The van der Waals surface area contributed by atoms with Gasteiger partial charge in [-0.15, -0.1) is 0 Å². The van der Waals surface area contributed by atoms with Crippen LogP contribution in [0.25, 0.3) is 0 Å². The Morgan fingerprint density at radius 3 is 2.80 bits per heavy atom. The minimum absolute atomic E-state index is 0.159. The van der Waals surface area contributed by atoms with Gasteiger partial charge in [0.05, 0.1) is 7.11 Å². The van der Waals surface area contributed by atoms with Gasteiger partial charge in [-0.25, -0.2) is 4.98 Å². The minimum Gasteiger partial charge on any atom is -0.480 e. The van der Waals surface area contributed by atoms with Crippen LogP contribution in [0.15, 0.2) is 18.3 Å². The van der Waals surface area contributed by atoms with Gasteiger partial charge in [-0.3, -0.25) is 19.7 Å². The summed E-state index contributed by atoms with van der Waals surface area (Å²) in [5.41, 5.74) is -0.906. The Bertz CT molecular complexity index is 583. The summed E-state index contributed by atoms with van der Waals surface area (Å²) in [7, 11) is 1.40. The van der Waals surface area contributed by atoms with Gasteiger partial charge in [-0.1, -0.05) is 0 Å². The summed E-state index contributed by atoms with van der Waals surface area (Å²) < 4.78 is 5.04. The predicted octanol–water partition coefficient (Wildman–Crippen LogP) is -0.0326. The van der Waals surface area contributed by atoms with E-state index in [9.17, 15) is 14.4 Å². The quantitative estimate of drug-likeness (QED) is 0.767.